The SMILES string of the molecule is N#C/C(=C/Nc1cccc(Br)c1)C(=O)NCc1ccc2c(c1)OCO2. The molecule has 25 heavy (non-hydrogen) atoms. The summed E-state index contributed by atoms with van der Waals surface area (Å²) < 4.78 is 11.4. The Morgan fingerprint density at radius 1 is 1.24 bits per heavy atom. The number of rotatable bonds is 5. The van der Waals surface area contributed by atoms with Gasteiger partial charge < -0.3 is 20.1 Å². The Bertz CT molecular complexity index is 874. The third-order valence-electron chi connectivity index (χ3n) is 3.46. The zero-order valence-corrected chi connectivity index (χ0v) is 14.7. The highest BCUT2D eigenvalue weighted by molar-refractivity contribution is 9.10. The molecular weight excluding hydrogens is 386 g/mol. The van der Waals surface area contributed by atoms with Crippen molar-refractivity contribution in [1.29, 1.82) is 5.26 Å². The summed E-state index contributed by atoms with van der Waals surface area (Å²) in [6.07, 6.45) is 1.39. The molecule has 0 atom stereocenters. The molecule has 2 N–H and O–H groups in total. The summed E-state index contributed by atoms with van der Waals surface area (Å²) >= 11 is 3.36. The topological polar surface area (TPSA) is 83.4 Å². The van der Waals surface area contributed by atoms with Crippen molar-refractivity contribution < 1.29 is 14.3 Å². The predicted octanol–water partition coefficient (Wildman–Crippen LogP) is 3.31. The van der Waals surface area contributed by atoms with Crippen LogP contribution in [0.3, 0.4) is 0 Å². The summed E-state index contributed by atoms with van der Waals surface area (Å²) in [4.78, 5) is 12.2. The molecule has 0 aliphatic carbocycles. The van der Waals surface area contributed by atoms with Crippen molar-refractivity contribution in [1.82, 2.24) is 5.32 Å². The van der Waals surface area contributed by atoms with Gasteiger partial charge in [0.05, 0.1) is 0 Å². The lowest BCUT2D eigenvalue weighted by Gasteiger charge is -2.06. The molecule has 1 aliphatic rings. The summed E-state index contributed by atoms with van der Waals surface area (Å²) in [5.41, 5.74) is 1.61. The highest BCUT2D eigenvalue weighted by atomic mass is 79.9. The molecule has 2 aromatic carbocycles. The van der Waals surface area contributed by atoms with Crippen molar-refractivity contribution in [2.75, 3.05) is 12.1 Å². The number of benzene rings is 2. The number of nitrogens with zero attached hydrogens (tertiary/aromatic N) is 1. The molecule has 6 nitrogen and oxygen atoms in total. The minimum atomic E-state index is -0.456. The Morgan fingerprint density at radius 2 is 2.08 bits per heavy atom. The molecule has 1 amide bonds. The number of carbonyl (C=O) groups is 1. The lowest BCUT2D eigenvalue weighted by molar-refractivity contribution is -0.117. The van der Waals surface area contributed by atoms with Gasteiger partial charge in [-0.3, -0.25) is 4.79 Å². The number of hydrogen-bond acceptors (Lipinski definition) is 5. The third-order valence-corrected chi connectivity index (χ3v) is 3.96. The van der Waals surface area contributed by atoms with Gasteiger partial charge in [0.1, 0.15) is 11.6 Å². The van der Waals surface area contributed by atoms with Crippen molar-refractivity contribution in [3.8, 4) is 17.6 Å². The lowest BCUT2D eigenvalue weighted by Crippen LogP contribution is -2.24. The van der Waals surface area contributed by atoms with E-state index in [2.05, 4.69) is 26.6 Å². The lowest BCUT2D eigenvalue weighted by atomic mass is 10.2. The van der Waals surface area contributed by atoms with E-state index in [9.17, 15) is 10.1 Å². The fourth-order valence-electron chi connectivity index (χ4n) is 2.21. The fourth-order valence-corrected chi connectivity index (χ4v) is 2.61. The molecule has 0 bridgehead atoms. The normalized spacial score (nSPS) is 12.4. The van der Waals surface area contributed by atoms with Gasteiger partial charge >= 0.3 is 0 Å². The van der Waals surface area contributed by atoms with Crippen LogP contribution in [-0.2, 0) is 11.3 Å². The Hall–Kier alpha value is -2.98. The van der Waals surface area contributed by atoms with E-state index >= 15 is 0 Å². The van der Waals surface area contributed by atoms with Crippen LogP contribution >= 0.6 is 15.9 Å². The van der Waals surface area contributed by atoms with E-state index < -0.39 is 5.91 Å². The number of amides is 1. The van der Waals surface area contributed by atoms with Crippen molar-refractivity contribution in [3.05, 3.63) is 64.3 Å². The molecule has 2 aromatic rings. The van der Waals surface area contributed by atoms with Crippen molar-refractivity contribution >= 4 is 27.5 Å². The van der Waals surface area contributed by atoms with Crippen LogP contribution in [0.15, 0.2) is 58.7 Å². The van der Waals surface area contributed by atoms with Gasteiger partial charge in [-0.15, -0.1) is 0 Å². The molecule has 1 heterocycles. The summed E-state index contributed by atoms with van der Waals surface area (Å²) in [6.45, 7) is 0.485. The highest BCUT2D eigenvalue weighted by Gasteiger charge is 2.14. The van der Waals surface area contributed by atoms with Crippen LogP contribution in [0.25, 0.3) is 0 Å². The van der Waals surface area contributed by atoms with E-state index in [0.29, 0.717) is 11.5 Å². The second kappa shape index (κ2) is 7.73. The van der Waals surface area contributed by atoms with E-state index in [1.54, 1.807) is 12.1 Å². The Balaban J connectivity index is 1.60. The minimum absolute atomic E-state index is 0.0132. The van der Waals surface area contributed by atoms with Crippen LogP contribution in [0.5, 0.6) is 11.5 Å². The van der Waals surface area contributed by atoms with Gasteiger partial charge in [-0.1, -0.05) is 28.1 Å². The van der Waals surface area contributed by atoms with Crippen LogP contribution in [0.2, 0.25) is 0 Å². The van der Waals surface area contributed by atoms with E-state index in [1.165, 1.54) is 6.20 Å². The maximum Gasteiger partial charge on any atom is 0.263 e. The fraction of sp³-hybridized carbons (Fsp3) is 0.111. The second-order valence-electron chi connectivity index (χ2n) is 5.19. The first kappa shape index (κ1) is 16.9. The minimum Gasteiger partial charge on any atom is -0.454 e. The molecule has 0 aromatic heterocycles. The zero-order chi connectivity index (χ0) is 17.6. The van der Waals surface area contributed by atoms with Gasteiger partial charge in [0.15, 0.2) is 11.5 Å². The Kier molecular flexibility index (Phi) is 5.21. The van der Waals surface area contributed by atoms with Crippen LogP contribution in [0, 0.1) is 11.3 Å². The first-order valence-electron chi connectivity index (χ1n) is 7.45. The van der Waals surface area contributed by atoms with Crippen LogP contribution < -0.4 is 20.1 Å². The zero-order valence-electron chi connectivity index (χ0n) is 13.1. The summed E-state index contributed by atoms with van der Waals surface area (Å²) in [6, 6.07) is 14.7. The predicted molar refractivity (Wildman–Crippen MR) is 95.9 cm³/mol. The van der Waals surface area contributed by atoms with Gasteiger partial charge in [-0.25, -0.2) is 0 Å². The van der Waals surface area contributed by atoms with Crippen molar-refractivity contribution in [2.45, 2.75) is 6.54 Å². The first-order valence-corrected chi connectivity index (χ1v) is 8.24. The standard InChI is InChI=1S/C18H14BrN3O3/c19-14-2-1-3-15(7-14)21-10-13(8-20)18(23)22-9-12-4-5-16-17(6-12)25-11-24-16/h1-7,10,21H,9,11H2,(H,22,23)/b13-10-. The average molecular weight is 400 g/mol. The first-order chi connectivity index (χ1) is 12.2. The van der Waals surface area contributed by atoms with Crippen LogP contribution in [-0.4, -0.2) is 12.7 Å². The number of ether oxygens (including phenoxy) is 2. The number of fused-ring (bicyclic) bond motifs is 1. The molecule has 7 heteroatoms. The molecular formula is C18H14BrN3O3. The van der Waals surface area contributed by atoms with Gasteiger partial charge in [-0.2, -0.15) is 5.26 Å². The monoisotopic (exact) mass is 399 g/mol. The smallest absolute Gasteiger partial charge is 0.263 e. The average Bonchev–Trinajstić information content (AvgIpc) is 3.08. The molecule has 0 fully saturated rings. The Labute approximate surface area is 153 Å². The molecule has 1 aliphatic heterocycles. The number of nitriles is 1. The van der Waals surface area contributed by atoms with Crippen LogP contribution in [0.4, 0.5) is 5.69 Å². The van der Waals surface area contributed by atoms with E-state index in [0.717, 1.165) is 15.7 Å². The number of nitrogens with one attached hydrogen (secondary N) is 2. The van der Waals surface area contributed by atoms with E-state index in [-0.39, 0.29) is 18.9 Å². The molecule has 126 valence electrons. The largest absolute Gasteiger partial charge is 0.454 e. The number of carbonyl (C=O) groups excluding carboxylic acids is 1. The number of hydrogen-bond donors (Lipinski definition) is 2. The summed E-state index contributed by atoms with van der Waals surface area (Å²) in [7, 11) is 0. The van der Waals surface area contributed by atoms with Gasteiger partial charge in [0.2, 0.25) is 6.79 Å². The number of halogens is 1. The summed E-state index contributed by atoms with van der Waals surface area (Å²) in [5, 5.41) is 14.8. The van der Waals surface area contributed by atoms with Gasteiger partial charge in [-0.05, 0) is 35.9 Å². The summed E-state index contributed by atoms with van der Waals surface area (Å²) in [5.74, 6) is 0.882. The quantitative estimate of drug-likeness (QED) is 0.595. The van der Waals surface area contributed by atoms with E-state index in [1.807, 2.05) is 36.4 Å². The molecule has 0 unspecified atom stereocenters. The van der Waals surface area contributed by atoms with E-state index in [4.69, 9.17) is 9.47 Å². The Morgan fingerprint density at radius 3 is 2.88 bits per heavy atom. The van der Waals surface area contributed by atoms with Crippen LogP contribution in [0.1, 0.15) is 5.56 Å². The van der Waals surface area contributed by atoms with Gasteiger partial charge in [0, 0.05) is 22.9 Å². The molecule has 3 rings (SSSR count). The molecule has 0 radical (unpaired) electrons. The second-order valence-corrected chi connectivity index (χ2v) is 6.11. The third kappa shape index (κ3) is 4.31. The highest BCUT2D eigenvalue weighted by Crippen LogP contribution is 2.32. The molecule has 0 spiro atoms. The van der Waals surface area contributed by atoms with Gasteiger partial charge in [0.25, 0.3) is 5.91 Å². The molecule has 0 saturated carbocycles. The van der Waals surface area contributed by atoms with Crippen molar-refractivity contribution in [2.24, 2.45) is 0 Å². The van der Waals surface area contributed by atoms with Crippen molar-refractivity contribution in [3.63, 3.8) is 0 Å². The molecule has 0 saturated heterocycles. The maximum atomic E-state index is 12.2. The number of anilines is 1. The maximum absolute atomic E-state index is 12.2.